The SMILES string of the molecule is Cc1cc2nc(-c3cc4ccccc4nc3NCCN(C)C)[nH]c2cc1C. The number of pyridine rings is 1. The molecule has 0 atom stereocenters. The molecule has 0 bridgehead atoms. The average molecular weight is 359 g/mol. The predicted molar refractivity (Wildman–Crippen MR) is 113 cm³/mol. The number of nitrogens with zero attached hydrogens (tertiary/aromatic N) is 3. The third-order valence-electron chi connectivity index (χ3n) is 4.93. The molecule has 2 heterocycles. The van der Waals surface area contributed by atoms with Crippen molar-refractivity contribution in [1.29, 1.82) is 0 Å². The number of benzene rings is 2. The van der Waals surface area contributed by atoms with Gasteiger partial charge in [-0.25, -0.2) is 9.97 Å². The van der Waals surface area contributed by atoms with Crippen LogP contribution in [-0.4, -0.2) is 47.0 Å². The predicted octanol–water partition coefficient (Wildman–Crippen LogP) is 4.37. The van der Waals surface area contributed by atoms with E-state index in [9.17, 15) is 0 Å². The summed E-state index contributed by atoms with van der Waals surface area (Å²) in [4.78, 5) is 15.3. The van der Waals surface area contributed by atoms with Crippen LogP contribution in [0.3, 0.4) is 0 Å². The third-order valence-corrected chi connectivity index (χ3v) is 4.93. The smallest absolute Gasteiger partial charge is 0.142 e. The van der Waals surface area contributed by atoms with E-state index in [0.717, 1.165) is 52.2 Å². The number of aryl methyl sites for hydroxylation is 2. The number of para-hydroxylation sites is 1. The highest BCUT2D eigenvalue weighted by atomic mass is 15.1. The van der Waals surface area contributed by atoms with Crippen LogP contribution in [0.2, 0.25) is 0 Å². The van der Waals surface area contributed by atoms with E-state index in [1.54, 1.807) is 0 Å². The summed E-state index contributed by atoms with van der Waals surface area (Å²) in [6.07, 6.45) is 0. The summed E-state index contributed by atoms with van der Waals surface area (Å²) >= 11 is 0. The van der Waals surface area contributed by atoms with Crippen LogP contribution in [0.15, 0.2) is 42.5 Å². The number of hydrogen-bond acceptors (Lipinski definition) is 4. The van der Waals surface area contributed by atoms with E-state index in [1.807, 2.05) is 18.2 Å². The number of rotatable bonds is 5. The summed E-state index contributed by atoms with van der Waals surface area (Å²) in [6, 6.07) is 14.7. The minimum atomic E-state index is 0.823. The Kier molecular flexibility index (Phi) is 4.54. The second-order valence-electron chi connectivity index (χ2n) is 7.35. The number of aromatic nitrogens is 3. The first-order chi connectivity index (χ1) is 13.0. The zero-order valence-electron chi connectivity index (χ0n) is 16.3. The number of aromatic amines is 1. The summed E-state index contributed by atoms with van der Waals surface area (Å²) in [7, 11) is 4.14. The molecule has 0 fully saturated rings. The lowest BCUT2D eigenvalue weighted by atomic mass is 10.1. The van der Waals surface area contributed by atoms with Gasteiger partial charge in [0.2, 0.25) is 0 Å². The molecule has 0 amide bonds. The molecule has 27 heavy (non-hydrogen) atoms. The maximum atomic E-state index is 4.86. The van der Waals surface area contributed by atoms with Crippen molar-refractivity contribution in [1.82, 2.24) is 19.9 Å². The van der Waals surface area contributed by atoms with Gasteiger partial charge in [-0.1, -0.05) is 18.2 Å². The molecule has 2 N–H and O–H groups in total. The lowest BCUT2D eigenvalue weighted by Crippen LogP contribution is -2.21. The minimum Gasteiger partial charge on any atom is -0.368 e. The maximum absolute atomic E-state index is 4.86. The third kappa shape index (κ3) is 3.51. The maximum Gasteiger partial charge on any atom is 0.142 e. The van der Waals surface area contributed by atoms with Crippen LogP contribution in [0.25, 0.3) is 33.3 Å². The second kappa shape index (κ2) is 7.00. The summed E-state index contributed by atoms with van der Waals surface area (Å²) in [5.41, 5.74) is 6.54. The van der Waals surface area contributed by atoms with Gasteiger partial charge in [0.1, 0.15) is 11.6 Å². The van der Waals surface area contributed by atoms with Crippen LogP contribution in [-0.2, 0) is 0 Å². The first kappa shape index (κ1) is 17.5. The first-order valence-corrected chi connectivity index (χ1v) is 9.27. The van der Waals surface area contributed by atoms with Gasteiger partial charge in [-0.2, -0.15) is 0 Å². The zero-order valence-corrected chi connectivity index (χ0v) is 16.3. The van der Waals surface area contributed by atoms with E-state index >= 15 is 0 Å². The molecular weight excluding hydrogens is 334 g/mol. The van der Waals surface area contributed by atoms with Gasteiger partial charge in [-0.05, 0) is 63.3 Å². The monoisotopic (exact) mass is 359 g/mol. The van der Waals surface area contributed by atoms with Gasteiger partial charge in [0.25, 0.3) is 0 Å². The summed E-state index contributed by atoms with van der Waals surface area (Å²) in [5.74, 6) is 1.71. The van der Waals surface area contributed by atoms with Gasteiger partial charge in [-0.15, -0.1) is 0 Å². The van der Waals surface area contributed by atoms with Crippen LogP contribution in [0.1, 0.15) is 11.1 Å². The van der Waals surface area contributed by atoms with Crippen molar-refractivity contribution in [3.8, 4) is 11.4 Å². The van der Waals surface area contributed by atoms with Gasteiger partial charge >= 0.3 is 0 Å². The fraction of sp³-hybridized carbons (Fsp3) is 0.273. The number of likely N-dealkylation sites (N-methyl/N-ethyl adjacent to an activating group) is 1. The summed E-state index contributed by atoms with van der Waals surface area (Å²) in [5, 5.41) is 4.60. The van der Waals surface area contributed by atoms with Crippen molar-refractivity contribution in [2.45, 2.75) is 13.8 Å². The summed E-state index contributed by atoms with van der Waals surface area (Å²) < 4.78 is 0. The Labute approximate surface area is 159 Å². The highest BCUT2D eigenvalue weighted by Crippen LogP contribution is 2.30. The largest absolute Gasteiger partial charge is 0.368 e. The molecule has 0 unspecified atom stereocenters. The van der Waals surface area contributed by atoms with E-state index in [-0.39, 0.29) is 0 Å². The van der Waals surface area contributed by atoms with E-state index in [4.69, 9.17) is 9.97 Å². The lowest BCUT2D eigenvalue weighted by Gasteiger charge is -2.14. The van der Waals surface area contributed by atoms with E-state index < -0.39 is 0 Å². The van der Waals surface area contributed by atoms with Gasteiger partial charge in [0.15, 0.2) is 0 Å². The minimum absolute atomic E-state index is 0.823. The number of fused-ring (bicyclic) bond motifs is 2. The normalized spacial score (nSPS) is 11.6. The van der Waals surface area contributed by atoms with E-state index in [0.29, 0.717) is 0 Å². The number of H-pyrrole nitrogens is 1. The molecule has 0 spiro atoms. The van der Waals surface area contributed by atoms with Crippen LogP contribution in [0.4, 0.5) is 5.82 Å². The Balaban J connectivity index is 1.83. The van der Waals surface area contributed by atoms with E-state index in [1.165, 1.54) is 11.1 Å². The molecule has 0 aliphatic carbocycles. The highest BCUT2D eigenvalue weighted by molar-refractivity contribution is 5.90. The molecule has 0 radical (unpaired) electrons. The standard InChI is InChI=1S/C22H25N5/c1-14-11-19-20(12-15(14)2)26-22(25-19)17-13-16-7-5-6-8-18(16)24-21(17)23-9-10-27(3)4/h5-8,11-13H,9-10H2,1-4H3,(H,23,24)(H,25,26). The quantitative estimate of drug-likeness (QED) is 0.556. The fourth-order valence-electron chi connectivity index (χ4n) is 3.23. The zero-order chi connectivity index (χ0) is 19.0. The molecule has 0 aliphatic heterocycles. The Morgan fingerprint density at radius 3 is 2.56 bits per heavy atom. The molecule has 0 saturated heterocycles. The molecular formula is C22H25N5. The number of imidazole rings is 1. The van der Waals surface area contributed by atoms with Crippen LogP contribution >= 0.6 is 0 Å². The van der Waals surface area contributed by atoms with Crippen LogP contribution < -0.4 is 5.32 Å². The Bertz CT molecular complexity index is 1070. The Morgan fingerprint density at radius 1 is 0.963 bits per heavy atom. The van der Waals surface area contributed by atoms with Gasteiger partial charge in [0.05, 0.1) is 22.1 Å². The number of nitrogens with one attached hydrogen (secondary N) is 2. The first-order valence-electron chi connectivity index (χ1n) is 9.27. The van der Waals surface area contributed by atoms with Crippen molar-refractivity contribution in [2.75, 3.05) is 32.5 Å². The van der Waals surface area contributed by atoms with E-state index in [2.05, 4.69) is 67.4 Å². The average Bonchev–Trinajstić information content (AvgIpc) is 3.03. The van der Waals surface area contributed by atoms with Crippen molar-refractivity contribution in [2.24, 2.45) is 0 Å². The number of anilines is 1. The lowest BCUT2D eigenvalue weighted by molar-refractivity contribution is 0.425. The van der Waals surface area contributed by atoms with Gasteiger partial charge in [0, 0.05) is 18.5 Å². The molecule has 5 heteroatoms. The van der Waals surface area contributed by atoms with Gasteiger partial charge in [-0.3, -0.25) is 0 Å². The van der Waals surface area contributed by atoms with Crippen molar-refractivity contribution in [3.63, 3.8) is 0 Å². The molecule has 2 aromatic heterocycles. The Morgan fingerprint density at radius 2 is 1.74 bits per heavy atom. The fourth-order valence-corrected chi connectivity index (χ4v) is 3.23. The second-order valence-corrected chi connectivity index (χ2v) is 7.35. The Hall–Kier alpha value is -2.92. The van der Waals surface area contributed by atoms with Crippen LogP contribution in [0.5, 0.6) is 0 Å². The molecule has 4 rings (SSSR count). The highest BCUT2D eigenvalue weighted by Gasteiger charge is 2.14. The summed E-state index contributed by atoms with van der Waals surface area (Å²) in [6.45, 7) is 6.01. The van der Waals surface area contributed by atoms with Gasteiger partial charge < -0.3 is 15.2 Å². The number of hydrogen-bond donors (Lipinski definition) is 2. The topological polar surface area (TPSA) is 56.8 Å². The van der Waals surface area contributed by atoms with Crippen molar-refractivity contribution in [3.05, 3.63) is 53.6 Å². The van der Waals surface area contributed by atoms with Crippen LogP contribution in [0, 0.1) is 13.8 Å². The molecule has 2 aromatic carbocycles. The molecule has 0 aliphatic rings. The molecule has 4 aromatic rings. The van der Waals surface area contributed by atoms with Crippen molar-refractivity contribution < 1.29 is 0 Å². The molecule has 0 saturated carbocycles. The molecule has 5 nitrogen and oxygen atoms in total. The van der Waals surface area contributed by atoms with Crippen molar-refractivity contribution >= 4 is 27.8 Å². The molecule has 138 valence electrons.